The van der Waals surface area contributed by atoms with Gasteiger partial charge in [-0.1, -0.05) is 36.4 Å². The van der Waals surface area contributed by atoms with Crippen LogP contribution >= 0.6 is 0 Å². The molecule has 1 aliphatic heterocycles. The number of nitrogens with zero attached hydrogens (tertiary/aromatic N) is 1. The smallest absolute Gasteiger partial charge is 0.262 e. The lowest BCUT2D eigenvalue weighted by Crippen LogP contribution is -2.39. The zero-order chi connectivity index (χ0) is 24.8. The average molecular weight is 495 g/mol. The molecule has 0 unspecified atom stereocenters. The molecule has 0 aromatic heterocycles. The molecule has 184 valence electrons. The summed E-state index contributed by atoms with van der Waals surface area (Å²) in [5, 5.41) is 0. The van der Waals surface area contributed by atoms with Gasteiger partial charge in [0.1, 0.15) is 11.5 Å². The van der Waals surface area contributed by atoms with Crippen LogP contribution in [0.4, 0.5) is 5.69 Å². The summed E-state index contributed by atoms with van der Waals surface area (Å²) in [6.07, 6.45) is 1.68. The molecule has 3 aromatic rings. The predicted octanol–water partition coefficient (Wildman–Crippen LogP) is 4.74. The lowest BCUT2D eigenvalue weighted by Gasteiger charge is -2.32. The molecule has 0 atom stereocenters. The first-order chi connectivity index (χ1) is 16.9. The Morgan fingerprint density at radius 2 is 1.69 bits per heavy atom. The van der Waals surface area contributed by atoms with Crippen molar-refractivity contribution < 1.29 is 22.7 Å². The molecule has 1 heterocycles. The van der Waals surface area contributed by atoms with E-state index in [1.807, 2.05) is 30.3 Å². The van der Waals surface area contributed by atoms with Crippen LogP contribution in [0.2, 0.25) is 0 Å². The van der Waals surface area contributed by atoms with Crippen LogP contribution in [0.5, 0.6) is 11.5 Å². The Morgan fingerprint density at radius 1 is 1.00 bits per heavy atom. The maximum atomic E-state index is 13.2. The van der Waals surface area contributed by atoms with Gasteiger partial charge in [0.2, 0.25) is 0 Å². The fourth-order valence-corrected chi connectivity index (χ4v) is 5.51. The van der Waals surface area contributed by atoms with Crippen molar-refractivity contribution in [1.82, 2.24) is 4.90 Å². The first-order valence-corrected chi connectivity index (χ1v) is 13.1. The van der Waals surface area contributed by atoms with E-state index in [9.17, 15) is 13.2 Å². The fraction of sp³-hybridized carbons (Fsp3) is 0.296. The monoisotopic (exact) mass is 494 g/mol. The number of likely N-dealkylation sites (tertiary alicyclic amines) is 1. The van der Waals surface area contributed by atoms with Crippen molar-refractivity contribution in [2.75, 3.05) is 31.5 Å². The van der Waals surface area contributed by atoms with E-state index in [4.69, 9.17) is 9.47 Å². The zero-order valence-corrected chi connectivity index (χ0v) is 20.8. The van der Waals surface area contributed by atoms with Gasteiger partial charge in [0, 0.05) is 18.7 Å². The first-order valence-electron chi connectivity index (χ1n) is 11.6. The molecule has 0 spiro atoms. The van der Waals surface area contributed by atoms with Gasteiger partial charge in [-0.05, 0) is 67.6 Å². The molecular formula is C27H30N2O5S. The highest BCUT2D eigenvalue weighted by molar-refractivity contribution is 7.92. The third-order valence-corrected chi connectivity index (χ3v) is 7.71. The number of amides is 1. The number of sulfonamides is 1. The standard InChI is InChI=1S/C27H30N2O5S/c1-20-12-13-22(18-26(20)35(31,32)28-24-10-6-7-11-25(24)33-2)27(30)29-16-14-21(15-17-29)19-34-23-8-4-3-5-9-23/h3-13,18,21,28H,14-17,19H2,1-2H3. The summed E-state index contributed by atoms with van der Waals surface area (Å²) in [6.45, 7) is 3.55. The Morgan fingerprint density at radius 3 is 2.40 bits per heavy atom. The van der Waals surface area contributed by atoms with Crippen molar-refractivity contribution in [3.63, 3.8) is 0 Å². The van der Waals surface area contributed by atoms with E-state index >= 15 is 0 Å². The molecule has 1 saturated heterocycles. The number of ether oxygens (including phenoxy) is 2. The summed E-state index contributed by atoms with van der Waals surface area (Å²) in [7, 11) is -2.44. The number of methoxy groups -OCH3 is 1. The van der Waals surface area contributed by atoms with Gasteiger partial charge < -0.3 is 14.4 Å². The summed E-state index contributed by atoms with van der Waals surface area (Å²) in [5.74, 6) is 1.47. The third kappa shape index (κ3) is 5.95. The zero-order valence-electron chi connectivity index (χ0n) is 19.9. The van der Waals surface area contributed by atoms with Crippen molar-refractivity contribution >= 4 is 21.6 Å². The second-order valence-electron chi connectivity index (χ2n) is 8.65. The summed E-state index contributed by atoms with van der Waals surface area (Å²) in [5.41, 5.74) is 1.25. The molecule has 8 heteroatoms. The average Bonchev–Trinajstić information content (AvgIpc) is 2.88. The van der Waals surface area contributed by atoms with E-state index in [0.717, 1.165) is 18.6 Å². The summed E-state index contributed by atoms with van der Waals surface area (Å²) < 4.78 is 40.0. The van der Waals surface area contributed by atoms with Crippen LogP contribution in [0.1, 0.15) is 28.8 Å². The molecule has 7 nitrogen and oxygen atoms in total. The number of aryl methyl sites for hydroxylation is 1. The molecule has 1 amide bonds. The van der Waals surface area contributed by atoms with Crippen molar-refractivity contribution in [3.8, 4) is 11.5 Å². The van der Waals surface area contributed by atoms with Crippen LogP contribution in [0.25, 0.3) is 0 Å². The largest absolute Gasteiger partial charge is 0.495 e. The summed E-state index contributed by atoms with van der Waals surface area (Å²) in [4.78, 5) is 15.0. The number of carbonyl (C=O) groups excluding carboxylic acids is 1. The van der Waals surface area contributed by atoms with Crippen LogP contribution in [0, 0.1) is 12.8 Å². The second-order valence-corrected chi connectivity index (χ2v) is 10.3. The molecule has 0 saturated carbocycles. The van der Waals surface area contributed by atoms with E-state index in [2.05, 4.69) is 4.72 Å². The van der Waals surface area contributed by atoms with Gasteiger partial charge in [0.15, 0.2) is 0 Å². The topological polar surface area (TPSA) is 84.9 Å². The first kappa shape index (κ1) is 24.6. The van der Waals surface area contributed by atoms with Crippen molar-refractivity contribution in [2.45, 2.75) is 24.7 Å². The van der Waals surface area contributed by atoms with E-state index in [1.54, 1.807) is 48.2 Å². The molecule has 35 heavy (non-hydrogen) atoms. The Labute approximate surface area is 206 Å². The van der Waals surface area contributed by atoms with Gasteiger partial charge in [0.05, 0.1) is 24.3 Å². The normalized spacial score (nSPS) is 14.4. The maximum Gasteiger partial charge on any atom is 0.262 e. The van der Waals surface area contributed by atoms with Gasteiger partial charge in [-0.3, -0.25) is 9.52 Å². The van der Waals surface area contributed by atoms with Gasteiger partial charge in [-0.2, -0.15) is 0 Å². The SMILES string of the molecule is COc1ccccc1NS(=O)(=O)c1cc(C(=O)N2CCC(COc3ccccc3)CC2)ccc1C. The molecule has 0 aliphatic carbocycles. The van der Waals surface area contributed by atoms with Crippen molar-refractivity contribution in [2.24, 2.45) is 5.92 Å². The van der Waals surface area contributed by atoms with E-state index in [0.29, 0.717) is 48.2 Å². The summed E-state index contributed by atoms with van der Waals surface area (Å²) >= 11 is 0. The lowest BCUT2D eigenvalue weighted by atomic mass is 9.97. The van der Waals surface area contributed by atoms with Crippen LogP contribution in [0.3, 0.4) is 0 Å². The van der Waals surface area contributed by atoms with Gasteiger partial charge in [-0.15, -0.1) is 0 Å². The van der Waals surface area contributed by atoms with Crippen molar-refractivity contribution in [1.29, 1.82) is 0 Å². The number of rotatable bonds is 8. The number of para-hydroxylation sites is 3. The molecule has 1 N–H and O–H groups in total. The molecule has 1 fully saturated rings. The minimum atomic E-state index is -3.92. The van der Waals surface area contributed by atoms with E-state index in [1.165, 1.54) is 13.2 Å². The number of benzene rings is 3. The van der Waals surface area contributed by atoms with Crippen molar-refractivity contribution in [3.05, 3.63) is 83.9 Å². The predicted molar refractivity (Wildman–Crippen MR) is 136 cm³/mol. The van der Waals surface area contributed by atoms with Crippen LogP contribution in [-0.2, 0) is 10.0 Å². The Bertz CT molecular complexity index is 1270. The van der Waals surface area contributed by atoms with Gasteiger partial charge >= 0.3 is 0 Å². The van der Waals surface area contributed by atoms with Crippen LogP contribution < -0.4 is 14.2 Å². The second kappa shape index (κ2) is 10.8. The van der Waals surface area contributed by atoms with Crippen LogP contribution in [-0.4, -0.2) is 46.0 Å². The molecular weight excluding hydrogens is 464 g/mol. The minimum absolute atomic E-state index is 0.0698. The quantitative estimate of drug-likeness (QED) is 0.489. The number of piperidine rings is 1. The highest BCUT2D eigenvalue weighted by atomic mass is 32.2. The Balaban J connectivity index is 1.42. The number of hydrogen-bond acceptors (Lipinski definition) is 5. The number of anilines is 1. The Kier molecular flexibility index (Phi) is 7.60. The van der Waals surface area contributed by atoms with Gasteiger partial charge in [-0.25, -0.2) is 8.42 Å². The highest BCUT2D eigenvalue weighted by Gasteiger charge is 2.26. The molecule has 0 radical (unpaired) electrons. The van der Waals surface area contributed by atoms with Gasteiger partial charge in [0.25, 0.3) is 15.9 Å². The molecule has 0 bridgehead atoms. The maximum absolute atomic E-state index is 13.2. The van der Waals surface area contributed by atoms with Crippen LogP contribution in [0.15, 0.2) is 77.7 Å². The fourth-order valence-electron chi connectivity index (χ4n) is 4.17. The highest BCUT2D eigenvalue weighted by Crippen LogP contribution is 2.28. The van der Waals surface area contributed by atoms with E-state index < -0.39 is 10.0 Å². The number of nitrogens with one attached hydrogen (secondary N) is 1. The summed E-state index contributed by atoms with van der Waals surface area (Å²) in [6, 6.07) is 21.3. The minimum Gasteiger partial charge on any atom is -0.495 e. The Hall–Kier alpha value is -3.52. The van der Waals surface area contributed by atoms with E-state index in [-0.39, 0.29) is 10.8 Å². The molecule has 4 rings (SSSR count). The molecule has 3 aromatic carbocycles. The number of carbonyl (C=O) groups is 1. The number of hydrogen-bond donors (Lipinski definition) is 1. The third-order valence-electron chi connectivity index (χ3n) is 6.21. The lowest BCUT2D eigenvalue weighted by molar-refractivity contribution is 0.0661. The molecule has 1 aliphatic rings.